The van der Waals surface area contributed by atoms with Crippen LogP contribution in [0.1, 0.15) is 21.7 Å². The molecule has 0 atom stereocenters. The van der Waals surface area contributed by atoms with Gasteiger partial charge in [0.15, 0.2) is 17.3 Å². The third-order valence-corrected chi connectivity index (χ3v) is 5.46. The Hall–Kier alpha value is -3.46. The summed E-state index contributed by atoms with van der Waals surface area (Å²) < 4.78 is 12.5. The number of benzene rings is 2. The number of rotatable bonds is 4. The molecule has 0 radical (unpaired) electrons. The molecule has 2 aromatic carbocycles. The minimum absolute atomic E-state index is 0.0115. The molecule has 1 aromatic heterocycles. The van der Waals surface area contributed by atoms with Crippen LogP contribution in [0.5, 0.6) is 11.5 Å². The molecule has 0 saturated carbocycles. The number of amides is 1. The van der Waals surface area contributed by atoms with E-state index in [9.17, 15) is 4.79 Å². The average Bonchev–Trinajstić information content (AvgIpc) is 3.43. The van der Waals surface area contributed by atoms with Crippen molar-refractivity contribution >= 4 is 5.91 Å². The molecule has 1 fully saturated rings. The Morgan fingerprint density at radius 3 is 2.57 bits per heavy atom. The molecule has 1 amide bonds. The van der Waals surface area contributed by atoms with Gasteiger partial charge in [-0.2, -0.15) is 4.68 Å². The number of ether oxygens (including phenoxy) is 2. The number of aromatic nitrogens is 4. The van der Waals surface area contributed by atoms with Gasteiger partial charge in [0.1, 0.15) is 0 Å². The van der Waals surface area contributed by atoms with Crippen LogP contribution in [0.4, 0.5) is 0 Å². The van der Waals surface area contributed by atoms with Crippen molar-refractivity contribution in [3.05, 3.63) is 59.4 Å². The minimum Gasteiger partial charge on any atom is -0.454 e. The van der Waals surface area contributed by atoms with E-state index in [2.05, 4.69) is 27.3 Å². The highest BCUT2D eigenvalue weighted by Crippen LogP contribution is 2.32. The first kappa shape index (κ1) is 18.6. The van der Waals surface area contributed by atoms with Crippen molar-refractivity contribution in [2.45, 2.75) is 13.5 Å². The summed E-state index contributed by atoms with van der Waals surface area (Å²) >= 11 is 0. The fourth-order valence-corrected chi connectivity index (χ4v) is 3.71. The van der Waals surface area contributed by atoms with E-state index in [1.165, 1.54) is 5.56 Å². The zero-order valence-electron chi connectivity index (χ0n) is 16.7. The van der Waals surface area contributed by atoms with Gasteiger partial charge in [0, 0.05) is 31.7 Å². The third kappa shape index (κ3) is 3.59. The maximum absolute atomic E-state index is 12.9. The van der Waals surface area contributed by atoms with Gasteiger partial charge in [-0.15, -0.1) is 5.10 Å². The van der Waals surface area contributed by atoms with Gasteiger partial charge in [-0.3, -0.25) is 9.69 Å². The molecule has 154 valence electrons. The van der Waals surface area contributed by atoms with Crippen molar-refractivity contribution in [1.29, 1.82) is 0 Å². The molecule has 9 nitrogen and oxygen atoms in total. The largest absolute Gasteiger partial charge is 0.454 e. The lowest BCUT2D eigenvalue weighted by Gasteiger charge is -2.34. The lowest BCUT2D eigenvalue weighted by Crippen LogP contribution is -2.48. The molecule has 5 rings (SSSR count). The Kier molecular flexibility index (Phi) is 4.80. The van der Waals surface area contributed by atoms with E-state index in [0.29, 0.717) is 36.7 Å². The van der Waals surface area contributed by atoms with Crippen LogP contribution >= 0.6 is 0 Å². The Morgan fingerprint density at radius 1 is 1.00 bits per heavy atom. The van der Waals surface area contributed by atoms with Crippen LogP contribution in [-0.4, -0.2) is 68.9 Å². The normalized spacial score (nSPS) is 16.1. The Labute approximate surface area is 173 Å². The maximum Gasteiger partial charge on any atom is 0.254 e. The number of hydrogen-bond acceptors (Lipinski definition) is 7. The van der Waals surface area contributed by atoms with E-state index >= 15 is 0 Å². The lowest BCUT2D eigenvalue weighted by molar-refractivity contribution is 0.0624. The van der Waals surface area contributed by atoms with Gasteiger partial charge in [0.05, 0.1) is 12.2 Å². The van der Waals surface area contributed by atoms with Gasteiger partial charge in [-0.05, 0) is 47.7 Å². The number of nitrogens with zero attached hydrogens (tertiary/aromatic N) is 6. The molecule has 0 N–H and O–H groups in total. The highest BCUT2D eigenvalue weighted by Gasteiger charge is 2.25. The van der Waals surface area contributed by atoms with Gasteiger partial charge < -0.3 is 14.4 Å². The SMILES string of the molecule is Cc1ccc(-n2nnnc2CN2CCN(C(=O)c3ccc4c(c3)OCO4)CC2)cc1. The van der Waals surface area contributed by atoms with Gasteiger partial charge in [-0.1, -0.05) is 17.7 Å². The highest BCUT2D eigenvalue weighted by molar-refractivity contribution is 5.95. The number of hydrogen-bond donors (Lipinski definition) is 0. The van der Waals surface area contributed by atoms with Crippen molar-refractivity contribution in [1.82, 2.24) is 30.0 Å². The van der Waals surface area contributed by atoms with Crippen molar-refractivity contribution in [2.24, 2.45) is 0 Å². The van der Waals surface area contributed by atoms with Crippen LogP contribution in [0.3, 0.4) is 0 Å². The molecule has 0 unspecified atom stereocenters. The molecular formula is C21H22N6O3. The minimum atomic E-state index is 0.0115. The molecule has 9 heteroatoms. The standard InChI is InChI=1S/C21H22N6O3/c1-15-2-5-17(6-3-15)27-20(22-23-24-27)13-25-8-10-26(11-9-25)21(28)16-4-7-18-19(12-16)30-14-29-18/h2-7,12H,8-11,13-14H2,1H3. The number of tetrazole rings is 1. The number of carbonyl (C=O) groups excluding carboxylic acids is 1. The Bertz CT molecular complexity index is 1060. The summed E-state index contributed by atoms with van der Waals surface area (Å²) in [5, 5.41) is 12.2. The monoisotopic (exact) mass is 406 g/mol. The summed E-state index contributed by atoms with van der Waals surface area (Å²) in [6.45, 7) is 5.71. The summed E-state index contributed by atoms with van der Waals surface area (Å²) in [6, 6.07) is 13.4. The Balaban J connectivity index is 1.21. The predicted octanol–water partition coefficient (Wildman–Crippen LogP) is 1.66. The van der Waals surface area contributed by atoms with Crippen LogP contribution in [-0.2, 0) is 6.54 Å². The van der Waals surface area contributed by atoms with E-state index in [4.69, 9.17) is 9.47 Å². The summed E-state index contributed by atoms with van der Waals surface area (Å²) in [5.41, 5.74) is 2.75. The van der Waals surface area contributed by atoms with E-state index in [0.717, 1.165) is 24.6 Å². The van der Waals surface area contributed by atoms with Crippen molar-refractivity contribution in [3.8, 4) is 17.2 Å². The molecule has 30 heavy (non-hydrogen) atoms. The topological polar surface area (TPSA) is 85.6 Å². The van der Waals surface area contributed by atoms with Crippen LogP contribution in [0.15, 0.2) is 42.5 Å². The first-order valence-corrected chi connectivity index (χ1v) is 9.93. The van der Waals surface area contributed by atoms with Crippen molar-refractivity contribution < 1.29 is 14.3 Å². The molecule has 0 spiro atoms. The zero-order chi connectivity index (χ0) is 20.5. The number of piperazine rings is 1. The molecule has 3 heterocycles. The van der Waals surface area contributed by atoms with E-state index < -0.39 is 0 Å². The van der Waals surface area contributed by atoms with E-state index in [1.807, 2.05) is 29.2 Å². The zero-order valence-corrected chi connectivity index (χ0v) is 16.7. The van der Waals surface area contributed by atoms with Crippen LogP contribution in [0, 0.1) is 6.92 Å². The van der Waals surface area contributed by atoms with E-state index in [1.54, 1.807) is 22.9 Å². The maximum atomic E-state index is 12.9. The fraction of sp³-hybridized carbons (Fsp3) is 0.333. The molecule has 3 aromatic rings. The molecular weight excluding hydrogens is 384 g/mol. The van der Waals surface area contributed by atoms with Crippen LogP contribution in [0.25, 0.3) is 5.69 Å². The van der Waals surface area contributed by atoms with Crippen LogP contribution < -0.4 is 9.47 Å². The third-order valence-electron chi connectivity index (χ3n) is 5.46. The molecule has 0 bridgehead atoms. The fourth-order valence-electron chi connectivity index (χ4n) is 3.71. The van der Waals surface area contributed by atoms with Crippen molar-refractivity contribution in [3.63, 3.8) is 0 Å². The second kappa shape index (κ2) is 7.75. The first-order valence-electron chi connectivity index (χ1n) is 9.93. The van der Waals surface area contributed by atoms with Gasteiger partial charge in [0.2, 0.25) is 6.79 Å². The summed E-state index contributed by atoms with van der Waals surface area (Å²) in [7, 11) is 0. The van der Waals surface area contributed by atoms with Gasteiger partial charge in [-0.25, -0.2) is 0 Å². The van der Waals surface area contributed by atoms with Crippen LogP contribution in [0.2, 0.25) is 0 Å². The number of aryl methyl sites for hydroxylation is 1. The quantitative estimate of drug-likeness (QED) is 0.651. The van der Waals surface area contributed by atoms with Gasteiger partial charge in [0.25, 0.3) is 5.91 Å². The summed E-state index contributed by atoms with van der Waals surface area (Å²) in [4.78, 5) is 17.0. The first-order chi connectivity index (χ1) is 14.7. The van der Waals surface area contributed by atoms with Gasteiger partial charge >= 0.3 is 0 Å². The van der Waals surface area contributed by atoms with E-state index in [-0.39, 0.29) is 12.7 Å². The second-order valence-electron chi connectivity index (χ2n) is 7.48. The summed E-state index contributed by atoms with van der Waals surface area (Å²) in [5.74, 6) is 2.11. The molecule has 0 aliphatic carbocycles. The predicted molar refractivity (Wildman–Crippen MR) is 108 cm³/mol. The summed E-state index contributed by atoms with van der Waals surface area (Å²) in [6.07, 6.45) is 0. The number of carbonyl (C=O) groups is 1. The Morgan fingerprint density at radius 2 is 1.77 bits per heavy atom. The molecule has 1 saturated heterocycles. The average molecular weight is 406 g/mol. The molecule has 2 aliphatic heterocycles. The number of fused-ring (bicyclic) bond motifs is 1. The smallest absolute Gasteiger partial charge is 0.254 e. The highest BCUT2D eigenvalue weighted by atomic mass is 16.7. The second-order valence-corrected chi connectivity index (χ2v) is 7.48. The lowest BCUT2D eigenvalue weighted by atomic mass is 10.1. The van der Waals surface area contributed by atoms with Crippen molar-refractivity contribution in [2.75, 3.05) is 33.0 Å². The molecule has 2 aliphatic rings.